The molecule has 1 unspecified atom stereocenters. The highest BCUT2D eigenvalue weighted by Crippen LogP contribution is 2.19. The van der Waals surface area contributed by atoms with Crippen molar-refractivity contribution in [2.24, 2.45) is 5.92 Å². The monoisotopic (exact) mass is 358 g/mol. The summed E-state index contributed by atoms with van der Waals surface area (Å²) in [6.07, 6.45) is 0.766. The van der Waals surface area contributed by atoms with Crippen LogP contribution in [0.25, 0.3) is 0 Å². The van der Waals surface area contributed by atoms with E-state index in [0.717, 1.165) is 5.56 Å². The van der Waals surface area contributed by atoms with Crippen LogP contribution in [0.1, 0.15) is 17.5 Å². The van der Waals surface area contributed by atoms with Crippen molar-refractivity contribution in [1.29, 1.82) is 0 Å². The van der Waals surface area contributed by atoms with Crippen LogP contribution in [0.2, 0.25) is 0 Å². The van der Waals surface area contributed by atoms with Crippen LogP contribution >= 0.6 is 0 Å². The number of carbonyl (C=O) groups is 2. The Balaban J connectivity index is 1.49. The fraction of sp³-hybridized carbons (Fsp3) is 0.300. The summed E-state index contributed by atoms with van der Waals surface area (Å²) in [6, 6.07) is 12.4. The number of hydrogen-bond donors (Lipinski definition) is 1. The van der Waals surface area contributed by atoms with E-state index in [4.69, 9.17) is 0 Å². The molecule has 1 atom stereocenters. The molecule has 2 amide bonds. The Hall–Kier alpha value is -2.76. The largest absolute Gasteiger partial charge is 0.352 e. The molecule has 0 aliphatic carbocycles. The van der Waals surface area contributed by atoms with Crippen LogP contribution in [0, 0.1) is 17.6 Å². The maximum atomic E-state index is 13.6. The summed E-state index contributed by atoms with van der Waals surface area (Å²) in [7, 11) is 0. The summed E-state index contributed by atoms with van der Waals surface area (Å²) in [4.78, 5) is 26.0. The summed E-state index contributed by atoms with van der Waals surface area (Å²) in [6.45, 7) is 0.941. The molecule has 1 saturated heterocycles. The summed E-state index contributed by atoms with van der Waals surface area (Å²) in [5.74, 6) is -1.40. The predicted molar refractivity (Wildman–Crippen MR) is 93.0 cm³/mol. The van der Waals surface area contributed by atoms with E-state index in [1.54, 1.807) is 35.2 Å². The normalized spacial score (nSPS) is 16.8. The number of nitrogens with one attached hydrogen (secondary N) is 1. The van der Waals surface area contributed by atoms with Gasteiger partial charge in [-0.15, -0.1) is 0 Å². The van der Waals surface area contributed by atoms with Crippen LogP contribution in [-0.2, 0) is 22.6 Å². The van der Waals surface area contributed by atoms with Gasteiger partial charge < -0.3 is 10.2 Å². The third-order valence-electron chi connectivity index (χ3n) is 4.58. The highest BCUT2D eigenvalue weighted by atomic mass is 19.1. The van der Waals surface area contributed by atoms with Gasteiger partial charge in [0, 0.05) is 31.6 Å². The zero-order valence-corrected chi connectivity index (χ0v) is 14.3. The van der Waals surface area contributed by atoms with Gasteiger partial charge in [0.2, 0.25) is 11.8 Å². The SMILES string of the molecule is O=C(NCc1ccccc1F)C1CC(=O)N(CCc2ccc(F)cc2)C1. The average molecular weight is 358 g/mol. The van der Waals surface area contributed by atoms with Crippen LogP contribution in [0.5, 0.6) is 0 Å². The summed E-state index contributed by atoms with van der Waals surface area (Å²) in [5, 5.41) is 2.70. The van der Waals surface area contributed by atoms with Crippen molar-refractivity contribution in [2.75, 3.05) is 13.1 Å². The molecular weight excluding hydrogens is 338 g/mol. The number of rotatable bonds is 6. The molecule has 4 nitrogen and oxygen atoms in total. The first kappa shape index (κ1) is 18.0. The first-order valence-corrected chi connectivity index (χ1v) is 8.56. The molecule has 3 rings (SSSR count). The van der Waals surface area contributed by atoms with E-state index in [1.165, 1.54) is 18.2 Å². The molecule has 1 fully saturated rings. The minimum Gasteiger partial charge on any atom is -0.352 e. The first-order valence-electron chi connectivity index (χ1n) is 8.56. The van der Waals surface area contributed by atoms with Gasteiger partial charge in [-0.1, -0.05) is 30.3 Å². The van der Waals surface area contributed by atoms with Gasteiger partial charge >= 0.3 is 0 Å². The molecule has 1 N–H and O–H groups in total. The number of benzene rings is 2. The third-order valence-corrected chi connectivity index (χ3v) is 4.58. The van der Waals surface area contributed by atoms with Crippen LogP contribution in [0.15, 0.2) is 48.5 Å². The molecule has 1 aliphatic rings. The summed E-state index contributed by atoms with van der Waals surface area (Å²) >= 11 is 0. The van der Waals surface area contributed by atoms with E-state index in [9.17, 15) is 18.4 Å². The number of carbonyl (C=O) groups excluding carboxylic acids is 2. The Labute approximate surface area is 150 Å². The van der Waals surface area contributed by atoms with Gasteiger partial charge in [-0.25, -0.2) is 8.78 Å². The first-order chi connectivity index (χ1) is 12.5. The van der Waals surface area contributed by atoms with Gasteiger partial charge in [0.05, 0.1) is 5.92 Å². The predicted octanol–water partition coefficient (Wildman–Crippen LogP) is 2.67. The van der Waals surface area contributed by atoms with Crippen molar-refractivity contribution in [3.8, 4) is 0 Å². The zero-order valence-electron chi connectivity index (χ0n) is 14.3. The molecule has 1 aliphatic heterocycles. The van der Waals surface area contributed by atoms with Crippen molar-refractivity contribution in [3.05, 3.63) is 71.3 Å². The number of nitrogens with zero attached hydrogens (tertiary/aromatic N) is 1. The molecule has 26 heavy (non-hydrogen) atoms. The van der Waals surface area contributed by atoms with Gasteiger partial charge in [-0.3, -0.25) is 9.59 Å². The minimum atomic E-state index is -0.428. The average Bonchev–Trinajstić information content (AvgIpc) is 3.01. The fourth-order valence-corrected chi connectivity index (χ4v) is 3.05. The van der Waals surface area contributed by atoms with Gasteiger partial charge in [-0.2, -0.15) is 0 Å². The molecule has 2 aromatic carbocycles. The highest BCUT2D eigenvalue weighted by molar-refractivity contribution is 5.89. The van der Waals surface area contributed by atoms with Gasteiger partial charge in [0.15, 0.2) is 0 Å². The Morgan fingerprint density at radius 2 is 1.85 bits per heavy atom. The number of amides is 2. The molecule has 2 aromatic rings. The topological polar surface area (TPSA) is 49.4 Å². The lowest BCUT2D eigenvalue weighted by Crippen LogP contribution is -2.33. The number of halogens is 2. The maximum Gasteiger partial charge on any atom is 0.225 e. The Morgan fingerprint density at radius 3 is 2.58 bits per heavy atom. The molecule has 0 aromatic heterocycles. The smallest absolute Gasteiger partial charge is 0.225 e. The van der Waals surface area contributed by atoms with Crippen molar-refractivity contribution >= 4 is 11.8 Å². The molecule has 0 bridgehead atoms. The van der Waals surface area contributed by atoms with Crippen molar-refractivity contribution < 1.29 is 18.4 Å². The van der Waals surface area contributed by atoms with E-state index in [-0.39, 0.29) is 36.4 Å². The van der Waals surface area contributed by atoms with E-state index >= 15 is 0 Å². The molecule has 136 valence electrons. The van der Waals surface area contributed by atoms with E-state index < -0.39 is 5.92 Å². The molecule has 0 radical (unpaired) electrons. The quantitative estimate of drug-likeness (QED) is 0.863. The fourth-order valence-electron chi connectivity index (χ4n) is 3.05. The van der Waals surface area contributed by atoms with Crippen LogP contribution in [0.4, 0.5) is 8.78 Å². The van der Waals surface area contributed by atoms with E-state index in [1.807, 2.05) is 0 Å². The molecule has 0 spiro atoms. The van der Waals surface area contributed by atoms with Crippen LogP contribution in [-0.4, -0.2) is 29.8 Å². The number of likely N-dealkylation sites (tertiary alicyclic amines) is 1. The standard InChI is InChI=1S/C20H20F2N2O2/c21-17-7-5-14(6-8-17)9-10-24-13-16(11-19(24)25)20(26)23-12-15-3-1-2-4-18(15)22/h1-8,16H,9-13H2,(H,23,26). The highest BCUT2D eigenvalue weighted by Gasteiger charge is 2.33. The summed E-state index contributed by atoms with van der Waals surface area (Å²) in [5.41, 5.74) is 1.35. The lowest BCUT2D eigenvalue weighted by atomic mass is 10.1. The molecule has 6 heteroatoms. The van der Waals surface area contributed by atoms with Crippen molar-refractivity contribution in [3.63, 3.8) is 0 Å². The molecule has 1 heterocycles. The molecular formula is C20H20F2N2O2. The number of hydrogen-bond acceptors (Lipinski definition) is 2. The Kier molecular flexibility index (Phi) is 5.61. The second kappa shape index (κ2) is 8.08. The van der Waals surface area contributed by atoms with Crippen molar-refractivity contribution in [2.45, 2.75) is 19.4 Å². The van der Waals surface area contributed by atoms with Gasteiger partial charge in [0.25, 0.3) is 0 Å². The second-order valence-electron chi connectivity index (χ2n) is 6.43. The maximum absolute atomic E-state index is 13.6. The van der Waals surface area contributed by atoms with Gasteiger partial charge in [0.1, 0.15) is 11.6 Å². The van der Waals surface area contributed by atoms with Crippen LogP contribution in [0.3, 0.4) is 0 Å². The Bertz CT molecular complexity index is 793. The lowest BCUT2D eigenvalue weighted by Gasteiger charge is -2.16. The molecule has 0 saturated carbocycles. The van der Waals surface area contributed by atoms with Gasteiger partial charge in [-0.05, 0) is 30.2 Å². The van der Waals surface area contributed by atoms with E-state index in [2.05, 4.69) is 5.32 Å². The second-order valence-corrected chi connectivity index (χ2v) is 6.43. The minimum absolute atomic E-state index is 0.0712. The van der Waals surface area contributed by atoms with Crippen LogP contribution < -0.4 is 5.32 Å². The summed E-state index contributed by atoms with van der Waals surface area (Å²) < 4.78 is 26.5. The zero-order chi connectivity index (χ0) is 18.5. The van der Waals surface area contributed by atoms with E-state index in [0.29, 0.717) is 25.1 Å². The van der Waals surface area contributed by atoms with Crippen molar-refractivity contribution in [1.82, 2.24) is 10.2 Å². The Morgan fingerprint density at radius 1 is 1.12 bits per heavy atom. The lowest BCUT2D eigenvalue weighted by molar-refractivity contribution is -0.129. The third kappa shape index (κ3) is 4.45.